The lowest BCUT2D eigenvalue weighted by Gasteiger charge is -2.19. The number of carbonyl (C=O) groups is 1. The van der Waals surface area contributed by atoms with Gasteiger partial charge in [-0.2, -0.15) is 0 Å². The van der Waals surface area contributed by atoms with Crippen LogP contribution in [0.25, 0.3) is 0 Å². The maximum absolute atomic E-state index is 11.7. The monoisotopic (exact) mass is 341 g/mol. The summed E-state index contributed by atoms with van der Waals surface area (Å²) in [5.41, 5.74) is 3.82. The lowest BCUT2D eigenvalue weighted by atomic mass is 9.96. The highest BCUT2D eigenvalue weighted by Gasteiger charge is 2.17. The first-order valence-corrected chi connectivity index (χ1v) is 8.48. The number of methoxy groups -OCH3 is 2. The maximum atomic E-state index is 11.7. The average Bonchev–Trinajstić information content (AvgIpc) is 2.65. The molecule has 132 valence electrons. The molecule has 0 saturated carbocycles. The van der Waals surface area contributed by atoms with Crippen LogP contribution in [0.5, 0.6) is 5.75 Å². The predicted molar refractivity (Wildman–Crippen MR) is 95.1 cm³/mol. The fraction of sp³-hybridized carbons (Fsp3) is 0.421. The number of rotatable bonds is 5. The highest BCUT2D eigenvalue weighted by Crippen LogP contribution is 2.26. The molecule has 6 nitrogen and oxygen atoms in total. The number of fused-ring (bicyclic) bond motifs is 1. The molecule has 6 heteroatoms. The van der Waals surface area contributed by atoms with E-state index in [-0.39, 0.29) is 0 Å². The van der Waals surface area contributed by atoms with Gasteiger partial charge in [0.25, 0.3) is 0 Å². The number of hydrogen-bond donors (Lipinski definition) is 1. The van der Waals surface area contributed by atoms with E-state index in [0.717, 1.165) is 30.0 Å². The number of esters is 1. The minimum atomic E-state index is -0.406. The van der Waals surface area contributed by atoms with Gasteiger partial charge in [0.2, 0.25) is 0 Å². The number of hydrogen-bond acceptors (Lipinski definition) is 6. The van der Waals surface area contributed by atoms with Gasteiger partial charge in [-0.1, -0.05) is 6.07 Å². The molecule has 0 saturated heterocycles. The van der Waals surface area contributed by atoms with E-state index < -0.39 is 5.97 Å². The van der Waals surface area contributed by atoms with Crippen molar-refractivity contribution in [2.24, 2.45) is 0 Å². The molecule has 0 unspecified atom stereocenters. The SMILES string of the molecule is COC(=O)c1ccc(CNc2nc(C)nc3c2CCCC3)cc1OC. The van der Waals surface area contributed by atoms with Crippen LogP contribution in [0.15, 0.2) is 18.2 Å². The fourth-order valence-electron chi connectivity index (χ4n) is 3.17. The first-order chi connectivity index (χ1) is 12.1. The van der Waals surface area contributed by atoms with Crippen molar-refractivity contribution in [1.29, 1.82) is 0 Å². The van der Waals surface area contributed by atoms with Crippen molar-refractivity contribution in [3.8, 4) is 5.75 Å². The van der Waals surface area contributed by atoms with Gasteiger partial charge >= 0.3 is 5.97 Å². The van der Waals surface area contributed by atoms with Gasteiger partial charge in [-0.05, 0) is 50.3 Å². The fourth-order valence-corrected chi connectivity index (χ4v) is 3.17. The van der Waals surface area contributed by atoms with Crippen LogP contribution in [0.2, 0.25) is 0 Å². The number of aryl methyl sites for hydroxylation is 2. The quantitative estimate of drug-likeness (QED) is 0.843. The van der Waals surface area contributed by atoms with Crippen molar-refractivity contribution in [1.82, 2.24) is 9.97 Å². The Bertz CT molecular complexity index is 790. The van der Waals surface area contributed by atoms with Crippen LogP contribution in [-0.2, 0) is 24.1 Å². The van der Waals surface area contributed by atoms with E-state index in [1.807, 2.05) is 19.1 Å². The molecule has 25 heavy (non-hydrogen) atoms. The van der Waals surface area contributed by atoms with Gasteiger partial charge in [0, 0.05) is 17.8 Å². The molecule has 1 aromatic carbocycles. The number of ether oxygens (including phenoxy) is 2. The van der Waals surface area contributed by atoms with Crippen LogP contribution in [0, 0.1) is 6.92 Å². The van der Waals surface area contributed by atoms with Crippen LogP contribution in [0.3, 0.4) is 0 Å². The van der Waals surface area contributed by atoms with Gasteiger partial charge in [-0.3, -0.25) is 0 Å². The van der Waals surface area contributed by atoms with Gasteiger partial charge in [0.1, 0.15) is 23.0 Å². The van der Waals surface area contributed by atoms with Gasteiger partial charge in [-0.25, -0.2) is 14.8 Å². The zero-order valence-electron chi connectivity index (χ0n) is 14.9. The molecular formula is C19H23N3O3. The van der Waals surface area contributed by atoms with Crippen LogP contribution in [-0.4, -0.2) is 30.2 Å². The van der Waals surface area contributed by atoms with Crippen molar-refractivity contribution in [3.63, 3.8) is 0 Å². The third kappa shape index (κ3) is 3.73. The molecule has 1 heterocycles. The molecule has 3 rings (SSSR count). The Morgan fingerprint density at radius 2 is 2.00 bits per heavy atom. The first kappa shape index (κ1) is 17.2. The van der Waals surface area contributed by atoms with Gasteiger partial charge in [0.15, 0.2) is 0 Å². The van der Waals surface area contributed by atoms with E-state index in [1.54, 1.807) is 13.2 Å². The average molecular weight is 341 g/mol. The number of anilines is 1. The predicted octanol–water partition coefficient (Wildman–Crippen LogP) is 3.07. The minimum Gasteiger partial charge on any atom is -0.496 e. The molecule has 2 aromatic rings. The van der Waals surface area contributed by atoms with Crippen molar-refractivity contribution in [2.75, 3.05) is 19.5 Å². The largest absolute Gasteiger partial charge is 0.496 e. The number of nitrogens with zero attached hydrogens (tertiary/aromatic N) is 2. The number of nitrogens with one attached hydrogen (secondary N) is 1. The van der Waals surface area contributed by atoms with Crippen molar-refractivity contribution in [2.45, 2.75) is 39.2 Å². The molecule has 0 radical (unpaired) electrons. The molecule has 0 spiro atoms. The molecule has 1 aliphatic rings. The molecule has 0 aliphatic heterocycles. The van der Waals surface area contributed by atoms with E-state index in [0.29, 0.717) is 17.9 Å². The highest BCUT2D eigenvalue weighted by atomic mass is 16.5. The Morgan fingerprint density at radius 1 is 1.20 bits per heavy atom. The summed E-state index contributed by atoms with van der Waals surface area (Å²) in [5.74, 6) is 1.81. The van der Waals surface area contributed by atoms with Crippen molar-refractivity contribution >= 4 is 11.8 Å². The molecule has 1 N–H and O–H groups in total. The Labute approximate surface area is 147 Å². The number of benzene rings is 1. The van der Waals surface area contributed by atoms with Crippen LogP contribution in [0.4, 0.5) is 5.82 Å². The zero-order chi connectivity index (χ0) is 17.8. The molecular weight excluding hydrogens is 318 g/mol. The molecule has 0 bridgehead atoms. The van der Waals surface area contributed by atoms with Crippen molar-refractivity contribution < 1.29 is 14.3 Å². The highest BCUT2D eigenvalue weighted by molar-refractivity contribution is 5.92. The summed E-state index contributed by atoms with van der Waals surface area (Å²) in [5, 5.41) is 3.42. The second kappa shape index (κ2) is 7.51. The second-order valence-electron chi connectivity index (χ2n) is 6.13. The lowest BCUT2D eigenvalue weighted by Crippen LogP contribution is -2.14. The van der Waals surface area contributed by atoms with Crippen LogP contribution >= 0.6 is 0 Å². The zero-order valence-corrected chi connectivity index (χ0v) is 14.9. The summed E-state index contributed by atoms with van der Waals surface area (Å²) in [6, 6.07) is 5.46. The number of carbonyl (C=O) groups excluding carboxylic acids is 1. The molecule has 1 aliphatic carbocycles. The van der Waals surface area contributed by atoms with E-state index in [2.05, 4.69) is 15.3 Å². The summed E-state index contributed by atoms with van der Waals surface area (Å²) >= 11 is 0. The van der Waals surface area contributed by atoms with E-state index >= 15 is 0 Å². The van der Waals surface area contributed by atoms with E-state index in [1.165, 1.54) is 31.2 Å². The lowest BCUT2D eigenvalue weighted by molar-refractivity contribution is 0.0597. The Kier molecular flexibility index (Phi) is 5.16. The van der Waals surface area contributed by atoms with Gasteiger partial charge < -0.3 is 14.8 Å². The van der Waals surface area contributed by atoms with Gasteiger partial charge in [0.05, 0.1) is 14.2 Å². The van der Waals surface area contributed by atoms with Gasteiger partial charge in [-0.15, -0.1) is 0 Å². The Morgan fingerprint density at radius 3 is 2.76 bits per heavy atom. The standard InChI is InChI=1S/C19H23N3O3/c1-12-21-16-7-5-4-6-14(16)18(22-12)20-11-13-8-9-15(19(23)25-3)17(10-13)24-2/h8-10H,4-7,11H2,1-3H3,(H,20,21,22). The molecule has 1 aromatic heterocycles. The smallest absolute Gasteiger partial charge is 0.341 e. The number of aromatic nitrogens is 2. The normalized spacial score (nSPS) is 13.1. The van der Waals surface area contributed by atoms with E-state index in [9.17, 15) is 4.79 Å². The van der Waals surface area contributed by atoms with Crippen LogP contribution < -0.4 is 10.1 Å². The molecule has 0 fully saturated rings. The summed E-state index contributed by atoms with van der Waals surface area (Å²) in [6.45, 7) is 2.52. The third-order valence-corrected chi connectivity index (χ3v) is 4.43. The molecule has 0 amide bonds. The summed E-state index contributed by atoms with van der Waals surface area (Å²) in [7, 11) is 2.90. The maximum Gasteiger partial charge on any atom is 0.341 e. The second-order valence-corrected chi connectivity index (χ2v) is 6.13. The minimum absolute atomic E-state index is 0.406. The molecule has 0 atom stereocenters. The topological polar surface area (TPSA) is 73.3 Å². The first-order valence-electron chi connectivity index (χ1n) is 8.48. The van der Waals surface area contributed by atoms with Crippen molar-refractivity contribution in [3.05, 3.63) is 46.4 Å². The van der Waals surface area contributed by atoms with E-state index in [4.69, 9.17) is 9.47 Å². The summed E-state index contributed by atoms with van der Waals surface area (Å²) in [4.78, 5) is 20.9. The van der Waals surface area contributed by atoms with Crippen LogP contribution in [0.1, 0.15) is 45.8 Å². The third-order valence-electron chi connectivity index (χ3n) is 4.43. The Hall–Kier alpha value is -2.63. The summed E-state index contributed by atoms with van der Waals surface area (Å²) < 4.78 is 10.1. The Balaban J connectivity index is 1.80. The summed E-state index contributed by atoms with van der Waals surface area (Å²) in [6.07, 6.45) is 4.41.